The molecule has 1 heterocycles. The molecule has 0 saturated heterocycles. The number of hydrogen-bond acceptors (Lipinski definition) is 2. The summed E-state index contributed by atoms with van der Waals surface area (Å²) in [6.07, 6.45) is 5.85. The molecule has 4 heteroatoms. The van der Waals surface area contributed by atoms with Crippen molar-refractivity contribution in [3.63, 3.8) is 0 Å². The first kappa shape index (κ1) is 14.5. The highest BCUT2D eigenvalue weighted by Crippen LogP contribution is 2.40. The third kappa shape index (κ3) is 2.35. The first-order chi connectivity index (χ1) is 10.1. The van der Waals surface area contributed by atoms with E-state index < -0.39 is 0 Å². The minimum Gasteiger partial charge on any atom is -0.329 e. The summed E-state index contributed by atoms with van der Waals surface area (Å²) in [6, 6.07) is 5.18. The summed E-state index contributed by atoms with van der Waals surface area (Å²) in [6.45, 7) is 4.92. The van der Waals surface area contributed by atoms with Crippen LogP contribution in [0, 0.1) is 5.82 Å². The Morgan fingerprint density at radius 1 is 1.29 bits per heavy atom. The summed E-state index contributed by atoms with van der Waals surface area (Å²) in [5.74, 6) is 0.827. The number of hydrogen-bond donors (Lipinski definition) is 1. The minimum atomic E-state index is -0.229. The molecule has 0 aliphatic heterocycles. The molecule has 3 rings (SSSR count). The van der Waals surface area contributed by atoms with Crippen molar-refractivity contribution >= 4 is 11.0 Å². The standard InChI is InChI=1S/C17H24FN3/c1-12(2)21-15-7-6-13(18)10-14(15)20-16(21)17(11-19)8-4-3-5-9-17/h6-7,10,12H,3-5,8-9,11,19H2,1-2H3. The molecule has 114 valence electrons. The first-order valence-electron chi connectivity index (χ1n) is 7.95. The van der Waals surface area contributed by atoms with E-state index in [1.165, 1.54) is 31.4 Å². The summed E-state index contributed by atoms with van der Waals surface area (Å²) in [5.41, 5.74) is 7.88. The Hall–Kier alpha value is -1.42. The zero-order chi connectivity index (χ0) is 15.0. The van der Waals surface area contributed by atoms with Crippen LogP contribution in [0.2, 0.25) is 0 Å². The number of imidazole rings is 1. The van der Waals surface area contributed by atoms with Gasteiger partial charge in [0.05, 0.1) is 11.0 Å². The molecule has 1 aromatic heterocycles. The Kier molecular flexibility index (Phi) is 3.74. The van der Waals surface area contributed by atoms with E-state index in [0.29, 0.717) is 12.6 Å². The van der Waals surface area contributed by atoms with Crippen LogP contribution in [0.5, 0.6) is 0 Å². The molecule has 0 atom stereocenters. The fourth-order valence-corrected chi connectivity index (χ4v) is 3.72. The summed E-state index contributed by atoms with van der Waals surface area (Å²) in [4.78, 5) is 4.80. The van der Waals surface area contributed by atoms with Gasteiger partial charge in [-0.15, -0.1) is 0 Å². The number of nitrogens with zero attached hydrogens (tertiary/aromatic N) is 2. The molecule has 1 saturated carbocycles. The minimum absolute atomic E-state index is 0.0436. The Morgan fingerprint density at radius 3 is 2.62 bits per heavy atom. The maximum atomic E-state index is 13.5. The lowest BCUT2D eigenvalue weighted by Gasteiger charge is -2.36. The SMILES string of the molecule is CC(C)n1c(C2(CN)CCCCC2)nc2cc(F)ccc21. The second kappa shape index (κ2) is 5.41. The molecule has 0 spiro atoms. The highest BCUT2D eigenvalue weighted by atomic mass is 19.1. The Balaban J connectivity index is 2.22. The van der Waals surface area contributed by atoms with E-state index in [1.54, 1.807) is 0 Å². The summed E-state index contributed by atoms with van der Waals surface area (Å²) >= 11 is 0. The van der Waals surface area contributed by atoms with Crippen LogP contribution in [-0.4, -0.2) is 16.1 Å². The van der Waals surface area contributed by atoms with Gasteiger partial charge in [-0.1, -0.05) is 19.3 Å². The average molecular weight is 289 g/mol. The van der Waals surface area contributed by atoms with Gasteiger partial charge in [0.2, 0.25) is 0 Å². The number of fused-ring (bicyclic) bond motifs is 1. The molecule has 2 N–H and O–H groups in total. The van der Waals surface area contributed by atoms with E-state index in [2.05, 4.69) is 18.4 Å². The Bertz CT molecular complexity index is 639. The second-order valence-corrected chi connectivity index (χ2v) is 6.58. The molecule has 1 aromatic carbocycles. The molecular weight excluding hydrogens is 265 g/mol. The van der Waals surface area contributed by atoms with Crippen molar-refractivity contribution in [1.82, 2.24) is 9.55 Å². The second-order valence-electron chi connectivity index (χ2n) is 6.58. The van der Waals surface area contributed by atoms with Gasteiger partial charge in [-0.2, -0.15) is 0 Å². The quantitative estimate of drug-likeness (QED) is 0.930. The number of aromatic nitrogens is 2. The van der Waals surface area contributed by atoms with Gasteiger partial charge in [-0.25, -0.2) is 9.37 Å². The normalized spacial score (nSPS) is 18.5. The van der Waals surface area contributed by atoms with E-state index in [-0.39, 0.29) is 11.2 Å². The van der Waals surface area contributed by atoms with Crippen LogP contribution in [0.3, 0.4) is 0 Å². The zero-order valence-electron chi connectivity index (χ0n) is 12.9. The van der Waals surface area contributed by atoms with Gasteiger partial charge in [0.1, 0.15) is 11.6 Å². The lowest BCUT2D eigenvalue weighted by Crippen LogP contribution is -2.40. The van der Waals surface area contributed by atoms with Crippen molar-refractivity contribution in [3.8, 4) is 0 Å². The molecule has 0 unspecified atom stereocenters. The fourth-order valence-electron chi connectivity index (χ4n) is 3.72. The van der Waals surface area contributed by atoms with Crippen molar-refractivity contribution in [2.75, 3.05) is 6.54 Å². The fraction of sp³-hybridized carbons (Fsp3) is 0.588. The zero-order valence-corrected chi connectivity index (χ0v) is 12.9. The van der Waals surface area contributed by atoms with Crippen molar-refractivity contribution in [3.05, 3.63) is 29.8 Å². The van der Waals surface area contributed by atoms with E-state index in [1.807, 2.05) is 6.07 Å². The largest absolute Gasteiger partial charge is 0.329 e. The molecule has 0 bridgehead atoms. The van der Waals surface area contributed by atoms with Crippen LogP contribution in [0.1, 0.15) is 57.8 Å². The third-order valence-electron chi connectivity index (χ3n) is 4.84. The van der Waals surface area contributed by atoms with E-state index in [0.717, 1.165) is 29.7 Å². The number of nitrogens with two attached hydrogens (primary N) is 1. The molecule has 1 aliphatic carbocycles. The molecule has 3 nitrogen and oxygen atoms in total. The van der Waals surface area contributed by atoms with Gasteiger partial charge in [0.25, 0.3) is 0 Å². The third-order valence-corrected chi connectivity index (χ3v) is 4.84. The van der Waals surface area contributed by atoms with E-state index in [4.69, 9.17) is 10.7 Å². The first-order valence-corrected chi connectivity index (χ1v) is 7.95. The van der Waals surface area contributed by atoms with Crippen LogP contribution < -0.4 is 5.73 Å². The molecule has 21 heavy (non-hydrogen) atoms. The summed E-state index contributed by atoms with van der Waals surface area (Å²) < 4.78 is 15.8. The van der Waals surface area contributed by atoms with Crippen molar-refractivity contribution < 1.29 is 4.39 Å². The summed E-state index contributed by atoms with van der Waals surface area (Å²) in [7, 11) is 0. The Labute approximate surface area is 125 Å². The topological polar surface area (TPSA) is 43.8 Å². The van der Waals surface area contributed by atoms with Gasteiger partial charge in [0.15, 0.2) is 0 Å². The van der Waals surface area contributed by atoms with Crippen LogP contribution >= 0.6 is 0 Å². The van der Waals surface area contributed by atoms with E-state index in [9.17, 15) is 4.39 Å². The molecule has 0 amide bonds. The lowest BCUT2D eigenvalue weighted by molar-refractivity contribution is 0.274. The Morgan fingerprint density at radius 2 is 2.00 bits per heavy atom. The van der Waals surface area contributed by atoms with Crippen LogP contribution in [0.4, 0.5) is 4.39 Å². The maximum absolute atomic E-state index is 13.5. The van der Waals surface area contributed by atoms with Gasteiger partial charge >= 0.3 is 0 Å². The van der Waals surface area contributed by atoms with Crippen LogP contribution in [-0.2, 0) is 5.41 Å². The smallest absolute Gasteiger partial charge is 0.125 e. The van der Waals surface area contributed by atoms with Gasteiger partial charge in [-0.3, -0.25) is 0 Å². The molecule has 1 aliphatic rings. The number of halogens is 1. The van der Waals surface area contributed by atoms with Crippen molar-refractivity contribution in [2.45, 2.75) is 57.4 Å². The van der Waals surface area contributed by atoms with Crippen molar-refractivity contribution in [1.29, 1.82) is 0 Å². The predicted octanol–water partition coefficient (Wildman–Crippen LogP) is 3.92. The van der Waals surface area contributed by atoms with Gasteiger partial charge < -0.3 is 10.3 Å². The van der Waals surface area contributed by atoms with Crippen molar-refractivity contribution in [2.24, 2.45) is 5.73 Å². The summed E-state index contributed by atoms with van der Waals surface area (Å²) in [5, 5.41) is 0. The van der Waals surface area contributed by atoms with E-state index >= 15 is 0 Å². The lowest BCUT2D eigenvalue weighted by atomic mass is 9.73. The molecule has 1 fully saturated rings. The highest BCUT2D eigenvalue weighted by molar-refractivity contribution is 5.76. The monoisotopic (exact) mass is 289 g/mol. The average Bonchev–Trinajstić information content (AvgIpc) is 2.87. The molecule has 2 aromatic rings. The predicted molar refractivity (Wildman–Crippen MR) is 83.9 cm³/mol. The van der Waals surface area contributed by atoms with Gasteiger partial charge in [-0.05, 0) is 38.8 Å². The van der Waals surface area contributed by atoms with Gasteiger partial charge in [0, 0.05) is 24.1 Å². The van der Waals surface area contributed by atoms with Crippen LogP contribution in [0.25, 0.3) is 11.0 Å². The van der Waals surface area contributed by atoms with Crippen LogP contribution in [0.15, 0.2) is 18.2 Å². The highest BCUT2D eigenvalue weighted by Gasteiger charge is 2.37. The number of rotatable bonds is 3. The number of benzene rings is 1. The maximum Gasteiger partial charge on any atom is 0.125 e. The molecular formula is C17H24FN3. The molecule has 0 radical (unpaired) electrons.